The second-order valence-corrected chi connectivity index (χ2v) is 9.16. The molecule has 0 saturated heterocycles. The number of nitrogens with one attached hydrogen (secondary N) is 1. The minimum Gasteiger partial charge on any atom is -0.363 e. The molecule has 0 fully saturated rings. The van der Waals surface area contributed by atoms with E-state index in [0.717, 1.165) is 28.3 Å². The molecule has 0 atom stereocenters. The number of aryl methyl sites for hydroxylation is 2. The van der Waals surface area contributed by atoms with Crippen LogP contribution in [-0.4, -0.2) is 44.9 Å². The summed E-state index contributed by atoms with van der Waals surface area (Å²) in [6, 6.07) is 5.21. The Morgan fingerprint density at radius 2 is 1.82 bits per heavy atom. The highest BCUT2D eigenvalue weighted by Gasteiger charge is 2.32. The van der Waals surface area contributed by atoms with Crippen LogP contribution in [0.3, 0.4) is 0 Å². The summed E-state index contributed by atoms with van der Waals surface area (Å²) in [5.41, 5.74) is 3.54. The van der Waals surface area contributed by atoms with Gasteiger partial charge in [-0.1, -0.05) is 0 Å². The first-order valence-electron chi connectivity index (χ1n) is 9.22. The van der Waals surface area contributed by atoms with Crippen LogP contribution in [0.15, 0.2) is 23.1 Å². The summed E-state index contributed by atoms with van der Waals surface area (Å²) in [6.07, 6.45) is 1.69. The third-order valence-corrected chi connectivity index (χ3v) is 6.48. The quantitative estimate of drug-likeness (QED) is 0.808. The number of benzene rings is 1. The Kier molecular flexibility index (Phi) is 4.59. The molecule has 0 radical (unpaired) electrons. The van der Waals surface area contributed by atoms with E-state index in [1.165, 1.54) is 0 Å². The van der Waals surface area contributed by atoms with Crippen LogP contribution in [0.25, 0.3) is 0 Å². The highest BCUT2D eigenvalue weighted by Crippen LogP contribution is 2.38. The fourth-order valence-electron chi connectivity index (χ4n) is 3.74. The molecule has 2 aromatic rings. The zero-order chi connectivity index (χ0) is 20.1. The van der Waals surface area contributed by atoms with Crippen molar-refractivity contribution in [3.63, 3.8) is 0 Å². The lowest BCUT2D eigenvalue weighted by atomic mass is 10.00. The number of carbonyl (C=O) groups excluding carboxylic acids is 1. The lowest BCUT2D eigenvalue weighted by molar-refractivity contribution is -0.118. The zero-order valence-electron chi connectivity index (χ0n) is 16.2. The summed E-state index contributed by atoms with van der Waals surface area (Å²) in [7, 11) is 0.0372. The van der Waals surface area contributed by atoms with Crippen LogP contribution in [0.4, 0.5) is 11.5 Å². The van der Waals surface area contributed by atoms with Crippen LogP contribution >= 0.6 is 0 Å². The molecule has 2 aliphatic rings. The maximum absolute atomic E-state index is 12.9. The van der Waals surface area contributed by atoms with Crippen molar-refractivity contribution >= 4 is 27.4 Å². The fourth-order valence-corrected chi connectivity index (χ4v) is 4.82. The normalized spacial score (nSPS) is 15.7. The number of hydrogen-bond donors (Lipinski definition) is 1. The molecule has 1 aromatic heterocycles. The Hall–Kier alpha value is -2.52. The number of amides is 1. The molecule has 0 aliphatic carbocycles. The number of anilines is 2. The van der Waals surface area contributed by atoms with Gasteiger partial charge < -0.3 is 9.80 Å². The monoisotopic (exact) mass is 401 g/mol. The minimum absolute atomic E-state index is 0.0158. The van der Waals surface area contributed by atoms with Gasteiger partial charge in [-0.25, -0.2) is 23.1 Å². The van der Waals surface area contributed by atoms with Gasteiger partial charge in [-0.15, -0.1) is 0 Å². The molecule has 1 N–H and O–H groups in total. The maximum atomic E-state index is 12.9. The molecule has 9 heteroatoms. The molecule has 1 amide bonds. The number of sulfonamides is 1. The molecule has 0 bridgehead atoms. The Morgan fingerprint density at radius 3 is 2.54 bits per heavy atom. The van der Waals surface area contributed by atoms with Gasteiger partial charge >= 0.3 is 0 Å². The average molecular weight is 401 g/mol. The van der Waals surface area contributed by atoms with Gasteiger partial charge in [0.1, 0.15) is 11.6 Å². The van der Waals surface area contributed by atoms with Crippen LogP contribution < -0.4 is 14.5 Å². The van der Waals surface area contributed by atoms with Gasteiger partial charge in [-0.2, -0.15) is 0 Å². The summed E-state index contributed by atoms with van der Waals surface area (Å²) >= 11 is 0. The first-order valence-corrected chi connectivity index (χ1v) is 10.7. The molecule has 0 saturated carbocycles. The maximum Gasteiger partial charge on any atom is 0.240 e. The topological polar surface area (TPSA) is 95.5 Å². The molecule has 0 spiro atoms. The Balaban J connectivity index is 1.60. The van der Waals surface area contributed by atoms with E-state index < -0.39 is 10.0 Å². The van der Waals surface area contributed by atoms with Gasteiger partial charge in [-0.3, -0.25) is 4.79 Å². The van der Waals surface area contributed by atoms with Crippen LogP contribution in [0.1, 0.15) is 29.1 Å². The standard InChI is InChI=1S/C19H23N5O3S/c1-12-8-17(23(2)3)22-16(21-12)11-20-28(26,27)15-9-13-4-5-18(25)24-7-6-14(10-15)19(13)24/h8-10,20H,4-7,11H2,1-3H3. The van der Waals surface area contributed by atoms with Crippen molar-refractivity contribution in [2.45, 2.75) is 37.6 Å². The van der Waals surface area contributed by atoms with E-state index in [1.54, 1.807) is 17.0 Å². The second-order valence-electron chi connectivity index (χ2n) is 7.39. The van der Waals surface area contributed by atoms with E-state index >= 15 is 0 Å². The molecule has 1 aromatic carbocycles. The van der Waals surface area contributed by atoms with Crippen LogP contribution in [0.2, 0.25) is 0 Å². The first kappa shape index (κ1) is 18.8. The van der Waals surface area contributed by atoms with Gasteiger partial charge in [0.2, 0.25) is 15.9 Å². The van der Waals surface area contributed by atoms with Crippen molar-refractivity contribution < 1.29 is 13.2 Å². The number of aromatic nitrogens is 2. The highest BCUT2D eigenvalue weighted by atomic mass is 32.2. The summed E-state index contributed by atoms with van der Waals surface area (Å²) in [4.78, 5) is 24.6. The van der Waals surface area contributed by atoms with Crippen molar-refractivity contribution in [1.82, 2.24) is 14.7 Å². The van der Waals surface area contributed by atoms with E-state index in [1.807, 2.05) is 32.0 Å². The SMILES string of the molecule is Cc1cc(N(C)C)nc(CNS(=O)(=O)c2cc3c4c(c2)CCN4C(=O)CC3)n1. The van der Waals surface area contributed by atoms with Crippen LogP contribution in [-0.2, 0) is 34.2 Å². The third kappa shape index (κ3) is 3.35. The van der Waals surface area contributed by atoms with Crippen molar-refractivity contribution in [2.75, 3.05) is 30.4 Å². The summed E-state index contributed by atoms with van der Waals surface area (Å²) < 4.78 is 28.4. The van der Waals surface area contributed by atoms with Crippen molar-refractivity contribution in [3.05, 3.63) is 40.8 Å². The molecule has 2 aliphatic heterocycles. The number of carbonyl (C=O) groups is 1. The highest BCUT2D eigenvalue weighted by molar-refractivity contribution is 7.89. The predicted molar refractivity (Wildman–Crippen MR) is 106 cm³/mol. The molecule has 4 rings (SSSR count). The molecule has 0 unspecified atom stereocenters. The van der Waals surface area contributed by atoms with E-state index in [0.29, 0.717) is 31.6 Å². The van der Waals surface area contributed by atoms with Gasteiger partial charge in [0.25, 0.3) is 0 Å². The minimum atomic E-state index is -3.71. The lowest BCUT2D eigenvalue weighted by Crippen LogP contribution is -2.33. The summed E-state index contributed by atoms with van der Waals surface area (Å²) in [5.74, 6) is 1.27. The smallest absolute Gasteiger partial charge is 0.240 e. The Labute approximate surface area is 164 Å². The predicted octanol–water partition coefficient (Wildman–Crippen LogP) is 1.16. The van der Waals surface area contributed by atoms with Gasteiger partial charge in [0.15, 0.2) is 0 Å². The largest absolute Gasteiger partial charge is 0.363 e. The molecule has 148 valence electrons. The molecule has 8 nitrogen and oxygen atoms in total. The molecule has 3 heterocycles. The van der Waals surface area contributed by atoms with Crippen molar-refractivity contribution in [2.24, 2.45) is 0 Å². The number of hydrogen-bond acceptors (Lipinski definition) is 6. The van der Waals surface area contributed by atoms with Crippen LogP contribution in [0, 0.1) is 6.92 Å². The Bertz CT molecular complexity index is 1070. The van der Waals surface area contributed by atoms with Crippen LogP contribution in [0.5, 0.6) is 0 Å². The summed E-state index contributed by atoms with van der Waals surface area (Å²) in [6.45, 7) is 2.50. The van der Waals surface area contributed by atoms with Crippen molar-refractivity contribution in [1.29, 1.82) is 0 Å². The van der Waals surface area contributed by atoms with Gasteiger partial charge in [0, 0.05) is 38.8 Å². The average Bonchev–Trinajstić information content (AvgIpc) is 3.08. The summed E-state index contributed by atoms with van der Waals surface area (Å²) in [5, 5.41) is 0. The second kappa shape index (κ2) is 6.82. The Morgan fingerprint density at radius 1 is 1.11 bits per heavy atom. The van der Waals surface area contributed by atoms with Gasteiger partial charge in [0.05, 0.1) is 17.1 Å². The van der Waals surface area contributed by atoms with E-state index in [9.17, 15) is 13.2 Å². The zero-order valence-corrected chi connectivity index (χ0v) is 17.0. The van der Waals surface area contributed by atoms with Gasteiger partial charge in [-0.05, 0) is 43.0 Å². The van der Waals surface area contributed by atoms with Crippen molar-refractivity contribution in [3.8, 4) is 0 Å². The molecule has 28 heavy (non-hydrogen) atoms. The van der Waals surface area contributed by atoms with E-state index in [-0.39, 0.29) is 17.3 Å². The lowest BCUT2D eigenvalue weighted by Gasteiger charge is -2.25. The number of nitrogens with zero attached hydrogens (tertiary/aromatic N) is 4. The molecular formula is C19H23N5O3S. The van der Waals surface area contributed by atoms with E-state index in [2.05, 4.69) is 14.7 Å². The first-order chi connectivity index (χ1) is 13.2. The third-order valence-electron chi connectivity index (χ3n) is 5.10. The van der Waals surface area contributed by atoms with E-state index in [4.69, 9.17) is 0 Å². The molecular weight excluding hydrogens is 378 g/mol. The number of rotatable bonds is 5. The fraction of sp³-hybridized carbons (Fsp3) is 0.421.